The molecule has 2 amide bonds. The number of Topliss-reactive ketones (excluding diaryl/α,β-unsaturated/α-hetero) is 2. The number of alkyl halides is 4. The van der Waals surface area contributed by atoms with Crippen molar-refractivity contribution in [2.75, 3.05) is 40.5 Å². The van der Waals surface area contributed by atoms with Crippen LogP contribution in [0.2, 0.25) is 0 Å². The molecule has 0 unspecified atom stereocenters. The largest absolute Gasteiger partial charge is 0.497 e. The highest BCUT2D eigenvalue weighted by Gasteiger charge is 2.55. The van der Waals surface area contributed by atoms with E-state index in [-0.39, 0.29) is 36.8 Å². The molecule has 0 atom stereocenters. The standard InChI is InChI=1S/C28H32F4N2O12S2/c1-43-21-11-7-19(8-12-21)23(35)17-45-47(39,40)27(29,30)25(37)33-15-5-3-4-6-16-34-26(38)28(31,32)48(41,42)46-18-24(36)20-9-13-22(44-2)14-10-20/h7-14H,3-6,15-18H2,1-2H3,(H,33,37)(H,34,38). The zero-order valence-electron chi connectivity index (χ0n) is 25.5. The van der Waals surface area contributed by atoms with Gasteiger partial charge in [-0.1, -0.05) is 12.8 Å². The monoisotopic (exact) mass is 728 g/mol. The van der Waals surface area contributed by atoms with Crippen LogP contribution in [0.15, 0.2) is 48.5 Å². The van der Waals surface area contributed by atoms with Crippen LogP contribution in [-0.2, 0) is 38.2 Å². The summed E-state index contributed by atoms with van der Waals surface area (Å²) in [6.07, 6.45) is 0.416. The van der Waals surface area contributed by atoms with Crippen molar-refractivity contribution in [1.29, 1.82) is 0 Å². The first-order chi connectivity index (χ1) is 22.4. The van der Waals surface area contributed by atoms with Gasteiger partial charge in [-0.25, -0.2) is 0 Å². The van der Waals surface area contributed by atoms with Gasteiger partial charge in [0.05, 0.1) is 14.2 Å². The first kappa shape index (κ1) is 40.0. The van der Waals surface area contributed by atoms with Gasteiger partial charge in [0.25, 0.3) is 0 Å². The van der Waals surface area contributed by atoms with Gasteiger partial charge < -0.3 is 20.1 Å². The third-order valence-corrected chi connectivity index (χ3v) is 8.83. The molecule has 0 aliphatic heterocycles. The Labute approximate surface area is 273 Å². The van der Waals surface area contributed by atoms with Crippen molar-refractivity contribution >= 4 is 43.6 Å². The molecule has 0 bridgehead atoms. The van der Waals surface area contributed by atoms with Crippen molar-refractivity contribution in [2.24, 2.45) is 0 Å². The quantitative estimate of drug-likeness (QED) is 0.0826. The number of nitrogens with one attached hydrogen (secondary N) is 2. The van der Waals surface area contributed by atoms with Crippen LogP contribution in [-0.4, -0.2) is 91.2 Å². The van der Waals surface area contributed by atoms with E-state index in [0.717, 1.165) is 0 Å². The highest BCUT2D eigenvalue weighted by Crippen LogP contribution is 2.25. The summed E-state index contributed by atoms with van der Waals surface area (Å²) in [6, 6.07) is 10.5. The SMILES string of the molecule is COc1ccc(C(=O)COS(=O)(=O)C(F)(F)C(=O)NCCCCCCNC(=O)C(F)(F)S(=O)(=O)OCC(=O)c2ccc(OC)cc2)cc1. The van der Waals surface area contributed by atoms with E-state index < -0.39 is 80.4 Å². The number of ether oxygens (including phenoxy) is 2. The van der Waals surface area contributed by atoms with Crippen LogP contribution in [0.1, 0.15) is 46.4 Å². The van der Waals surface area contributed by atoms with Crippen LogP contribution in [0.3, 0.4) is 0 Å². The van der Waals surface area contributed by atoms with Gasteiger partial charge in [-0.05, 0) is 61.4 Å². The molecule has 2 rings (SSSR count). The number of hydrogen-bond donors (Lipinski definition) is 2. The van der Waals surface area contributed by atoms with Gasteiger partial charge in [0.2, 0.25) is 0 Å². The van der Waals surface area contributed by atoms with Crippen LogP contribution < -0.4 is 20.1 Å². The zero-order chi connectivity index (χ0) is 36.2. The molecule has 48 heavy (non-hydrogen) atoms. The van der Waals surface area contributed by atoms with Gasteiger partial charge >= 0.3 is 42.6 Å². The van der Waals surface area contributed by atoms with E-state index >= 15 is 0 Å². The topological polar surface area (TPSA) is 198 Å². The smallest absolute Gasteiger partial charge is 0.446 e. The van der Waals surface area contributed by atoms with Crippen molar-refractivity contribution in [1.82, 2.24) is 10.6 Å². The number of carbonyl (C=O) groups is 4. The second-order valence-electron chi connectivity index (χ2n) is 9.70. The third-order valence-electron chi connectivity index (χ3n) is 6.35. The van der Waals surface area contributed by atoms with Crippen molar-refractivity contribution in [3.8, 4) is 11.5 Å². The maximum atomic E-state index is 14.2. The van der Waals surface area contributed by atoms with Gasteiger partial charge in [0, 0.05) is 24.2 Å². The number of benzene rings is 2. The molecule has 0 spiro atoms. The van der Waals surface area contributed by atoms with Crippen molar-refractivity contribution in [3.05, 3.63) is 59.7 Å². The number of unbranched alkanes of at least 4 members (excludes halogenated alkanes) is 3. The fourth-order valence-electron chi connectivity index (χ4n) is 3.57. The number of ketones is 2. The van der Waals surface area contributed by atoms with Crippen LogP contribution in [0.5, 0.6) is 11.5 Å². The van der Waals surface area contributed by atoms with Crippen molar-refractivity contribution in [2.45, 2.75) is 36.2 Å². The van der Waals surface area contributed by atoms with Crippen molar-refractivity contribution < 1.29 is 71.4 Å². The summed E-state index contributed by atoms with van der Waals surface area (Å²) in [5.41, 5.74) is -0.110. The predicted octanol–water partition coefficient (Wildman–Crippen LogP) is 2.44. The Hall–Kier alpha value is -4.14. The van der Waals surface area contributed by atoms with Gasteiger partial charge in [-0.15, -0.1) is 0 Å². The molecule has 20 heteroatoms. The lowest BCUT2D eigenvalue weighted by atomic mass is 10.1. The second-order valence-corrected chi connectivity index (χ2v) is 13.0. The van der Waals surface area contributed by atoms with E-state index in [0.29, 0.717) is 11.5 Å². The molecule has 0 aromatic heterocycles. The van der Waals surface area contributed by atoms with E-state index in [2.05, 4.69) is 8.37 Å². The lowest BCUT2D eigenvalue weighted by Crippen LogP contribution is -2.47. The van der Waals surface area contributed by atoms with Crippen LogP contribution in [0, 0.1) is 0 Å². The number of rotatable bonds is 21. The molecule has 2 N–H and O–H groups in total. The highest BCUT2D eigenvalue weighted by atomic mass is 32.2. The summed E-state index contributed by atoms with van der Waals surface area (Å²) in [7, 11) is -8.97. The number of halogens is 4. The van der Waals surface area contributed by atoms with Crippen LogP contribution >= 0.6 is 0 Å². The number of hydrogen-bond acceptors (Lipinski definition) is 12. The van der Waals surface area contributed by atoms with E-state index in [9.17, 15) is 53.6 Å². The molecular formula is C28H32F4N2O12S2. The van der Waals surface area contributed by atoms with Gasteiger partial charge in [0.15, 0.2) is 11.6 Å². The number of methoxy groups -OCH3 is 2. The van der Waals surface area contributed by atoms with Crippen LogP contribution in [0.25, 0.3) is 0 Å². The molecular weight excluding hydrogens is 696 g/mol. The fraction of sp³-hybridized carbons (Fsp3) is 0.429. The molecule has 266 valence electrons. The second kappa shape index (κ2) is 17.3. The summed E-state index contributed by atoms with van der Waals surface area (Å²) in [5.74, 6) is -5.56. The number of amides is 2. The summed E-state index contributed by atoms with van der Waals surface area (Å²) in [4.78, 5) is 47.8. The summed E-state index contributed by atoms with van der Waals surface area (Å²) >= 11 is 0. The first-order valence-corrected chi connectivity index (χ1v) is 16.7. The van der Waals surface area contributed by atoms with Gasteiger partial charge in [-0.2, -0.15) is 34.4 Å². The average Bonchev–Trinajstić information content (AvgIpc) is 3.06. The van der Waals surface area contributed by atoms with Crippen LogP contribution in [0.4, 0.5) is 17.6 Å². The summed E-state index contributed by atoms with van der Waals surface area (Å²) < 4.78 is 123. The fourth-order valence-corrected chi connectivity index (χ4v) is 4.99. The third kappa shape index (κ3) is 10.7. The molecule has 14 nitrogen and oxygen atoms in total. The Morgan fingerprint density at radius 2 is 0.896 bits per heavy atom. The van der Waals surface area contributed by atoms with E-state index in [1.807, 2.05) is 0 Å². The molecule has 0 saturated heterocycles. The molecule has 0 aliphatic rings. The van der Waals surface area contributed by atoms with Crippen molar-refractivity contribution in [3.63, 3.8) is 0 Å². The molecule has 0 aliphatic carbocycles. The molecule has 2 aromatic rings. The maximum Gasteiger partial charge on any atom is 0.446 e. The minimum absolute atomic E-state index is 0.0211. The van der Waals surface area contributed by atoms with Gasteiger partial charge in [-0.3, -0.25) is 27.5 Å². The average molecular weight is 729 g/mol. The lowest BCUT2D eigenvalue weighted by Gasteiger charge is -2.16. The Morgan fingerprint density at radius 3 is 1.19 bits per heavy atom. The zero-order valence-corrected chi connectivity index (χ0v) is 27.1. The van der Waals surface area contributed by atoms with Gasteiger partial charge in [0.1, 0.15) is 24.7 Å². The summed E-state index contributed by atoms with van der Waals surface area (Å²) in [5, 5.41) is -6.63. The molecule has 2 aromatic carbocycles. The van der Waals surface area contributed by atoms with E-state index in [1.165, 1.54) is 62.8 Å². The first-order valence-electron chi connectivity index (χ1n) is 13.8. The number of carbonyl (C=O) groups excluding carboxylic acids is 4. The molecule has 0 fully saturated rings. The normalized spacial score (nSPS) is 12.2. The Balaban J connectivity index is 1.70. The Morgan fingerprint density at radius 1 is 0.583 bits per heavy atom. The van der Waals surface area contributed by atoms with E-state index in [4.69, 9.17) is 9.47 Å². The Kier molecular flexibility index (Phi) is 14.4. The molecule has 0 radical (unpaired) electrons. The van der Waals surface area contributed by atoms with E-state index in [1.54, 1.807) is 10.6 Å². The molecule has 0 saturated carbocycles. The predicted molar refractivity (Wildman–Crippen MR) is 159 cm³/mol. The minimum Gasteiger partial charge on any atom is -0.497 e. The maximum absolute atomic E-state index is 14.2. The minimum atomic E-state index is -5.85. The lowest BCUT2D eigenvalue weighted by molar-refractivity contribution is -0.136. The highest BCUT2D eigenvalue weighted by molar-refractivity contribution is 7.88. The Bertz CT molecular complexity index is 1530. The molecule has 0 heterocycles. The summed E-state index contributed by atoms with van der Waals surface area (Å²) in [6.45, 7) is -3.43.